The van der Waals surface area contributed by atoms with E-state index in [0.29, 0.717) is 0 Å². The molecule has 0 aliphatic heterocycles. The maximum atomic E-state index is 11.8. The number of carbonyl (C=O) groups excluding carboxylic acids is 2. The summed E-state index contributed by atoms with van der Waals surface area (Å²) in [5.41, 5.74) is 4.94. The number of nitrogens with zero attached hydrogens (tertiary/aromatic N) is 1. The van der Waals surface area contributed by atoms with E-state index in [0.717, 1.165) is 25.7 Å². The van der Waals surface area contributed by atoms with E-state index in [1.165, 1.54) is 4.90 Å². The van der Waals surface area contributed by atoms with Crippen molar-refractivity contribution in [1.82, 2.24) is 10.2 Å². The van der Waals surface area contributed by atoms with Gasteiger partial charge in [-0.3, -0.25) is 4.79 Å². The second-order valence-electron chi connectivity index (χ2n) is 4.56. The molecule has 1 fully saturated rings. The number of nitrogens with two attached hydrogens (primary N) is 1. The predicted molar refractivity (Wildman–Crippen MR) is 63.8 cm³/mol. The van der Waals surface area contributed by atoms with Crippen LogP contribution in [0.5, 0.6) is 0 Å². The number of amides is 3. The highest BCUT2D eigenvalue weighted by Gasteiger charge is 2.27. The molecule has 0 bridgehead atoms. The zero-order chi connectivity index (χ0) is 13.7. The molecule has 1 rings (SSSR count). The number of rotatable bonds is 5. The lowest BCUT2D eigenvalue weighted by atomic mass is 10.2. The molecule has 0 unspecified atom stereocenters. The molecule has 0 saturated heterocycles. The summed E-state index contributed by atoms with van der Waals surface area (Å²) < 4.78 is 0. The Morgan fingerprint density at radius 2 is 1.94 bits per heavy atom. The topological polar surface area (TPSA) is 113 Å². The first-order valence-electron chi connectivity index (χ1n) is 5.96. The summed E-state index contributed by atoms with van der Waals surface area (Å²) in [4.78, 5) is 34.9. The van der Waals surface area contributed by atoms with Crippen LogP contribution in [0.4, 0.5) is 4.79 Å². The molecule has 102 valence electrons. The van der Waals surface area contributed by atoms with Gasteiger partial charge in [-0.25, -0.2) is 9.59 Å². The maximum absolute atomic E-state index is 11.8. The Kier molecular flexibility index (Phi) is 4.94. The van der Waals surface area contributed by atoms with Crippen molar-refractivity contribution in [2.24, 2.45) is 5.73 Å². The van der Waals surface area contributed by atoms with Gasteiger partial charge in [-0.1, -0.05) is 12.8 Å². The van der Waals surface area contributed by atoms with Gasteiger partial charge in [0, 0.05) is 13.1 Å². The summed E-state index contributed by atoms with van der Waals surface area (Å²) in [6, 6.07) is -1.59. The van der Waals surface area contributed by atoms with Crippen molar-refractivity contribution in [2.45, 2.75) is 44.2 Å². The third-order valence-corrected chi connectivity index (χ3v) is 3.19. The Labute approximate surface area is 105 Å². The van der Waals surface area contributed by atoms with Gasteiger partial charge in [-0.05, 0) is 12.8 Å². The van der Waals surface area contributed by atoms with Crippen LogP contribution in [0.1, 0.15) is 32.1 Å². The average Bonchev–Trinajstić information content (AvgIpc) is 2.79. The molecule has 1 aliphatic rings. The normalized spacial score (nSPS) is 17.2. The lowest BCUT2D eigenvalue weighted by molar-refractivity contribution is -0.141. The number of carbonyl (C=O) groups is 3. The minimum Gasteiger partial charge on any atom is -0.480 e. The maximum Gasteiger partial charge on any atom is 0.326 e. The standard InChI is InChI=1S/C11H19N3O4/c1-14(7-4-2-3-5-7)11(18)13-8(10(16)17)6-9(12)15/h7-8H,2-6H2,1H3,(H2,12,15)(H,13,18)(H,16,17)/t8-/m1/s1. The molecule has 4 N–H and O–H groups in total. The first-order chi connectivity index (χ1) is 8.41. The Morgan fingerprint density at radius 3 is 2.39 bits per heavy atom. The second kappa shape index (κ2) is 6.23. The van der Waals surface area contributed by atoms with Crippen LogP contribution in [0.2, 0.25) is 0 Å². The van der Waals surface area contributed by atoms with Gasteiger partial charge in [-0.15, -0.1) is 0 Å². The van der Waals surface area contributed by atoms with Gasteiger partial charge in [0.25, 0.3) is 0 Å². The smallest absolute Gasteiger partial charge is 0.326 e. The predicted octanol–water partition coefficient (Wildman–Crippen LogP) is -0.101. The summed E-state index contributed by atoms with van der Waals surface area (Å²) in [5, 5.41) is 11.2. The molecule has 1 saturated carbocycles. The van der Waals surface area contributed by atoms with Gasteiger partial charge in [0.15, 0.2) is 0 Å². The molecule has 1 aliphatic carbocycles. The van der Waals surface area contributed by atoms with Crippen LogP contribution >= 0.6 is 0 Å². The summed E-state index contributed by atoms with van der Waals surface area (Å²) in [6.45, 7) is 0. The number of nitrogens with one attached hydrogen (secondary N) is 1. The minimum atomic E-state index is -1.26. The first kappa shape index (κ1) is 14.3. The molecule has 0 spiro atoms. The summed E-state index contributed by atoms with van der Waals surface area (Å²) in [5.74, 6) is -2.02. The van der Waals surface area contributed by atoms with Gasteiger partial charge < -0.3 is 21.1 Å². The fourth-order valence-electron chi connectivity index (χ4n) is 2.11. The van der Waals surface area contributed by atoms with Crippen molar-refractivity contribution in [3.8, 4) is 0 Å². The fourth-order valence-corrected chi connectivity index (χ4v) is 2.11. The van der Waals surface area contributed by atoms with Gasteiger partial charge in [0.05, 0.1) is 6.42 Å². The van der Waals surface area contributed by atoms with Gasteiger partial charge in [0.1, 0.15) is 6.04 Å². The summed E-state index contributed by atoms with van der Waals surface area (Å²) in [6.07, 6.45) is 3.60. The monoisotopic (exact) mass is 257 g/mol. The Balaban J connectivity index is 2.54. The molecule has 7 nitrogen and oxygen atoms in total. The third kappa shape index (κ3) is 3.90. The number of aliphatic carboxylic acids is 1. The van der Waals surface area contributed by atoms with Crippen LogP contribution in [0.25, 0.3) is 0 Å². The third-order valence-electron chi connectivity index (χ3n) is 3.19. The van der Waals surface area contributed by atoms with Crippen LogP contribution < -0.4 is 11.1 Å². The Hall–Kier alpha value is -1.79. The minimum absolute atomic E-state index is 0.146. The molecular formula is C11H19N3O4. The highest BCUT2D eigenvalue weighted by Crippen LogP contribution is 2.22. The quantitative estimate of drug-likeness (QED) is 0.638. The second-order valence-corrected chi connectivity index (χ2v) is 4.56. The van der Waals surface area contributed by atoms with Crippen LogP contribution in [-0.4, -0.2) is 47.0 Å². The van der Waals surface area contributed by atoms with E-state index in [1.54, 1.807) is 7.05 Å². The molecule has 3 amide bonds. The number of primary amides is 1. The van der Waals surface area contributed by atoms with E-state index in [-0.39, 0.29) is 6.04 Å². The van der Waals surface area contributed by atoms with Gasteiger partial charge >= 0.3 is 12.0 Å². The van der Waals surface area contributed by atoms with Crippen molar-refractivity contribution in [2.75, 3.05) is 7.05 Å². The zero-order valence-electron chi connectivity index (χ0n) is 10.4. The molecule has 0 heterocycles. The number of carboxylic acids is 1. The van der Waals surface area contributed by atoms with Crippen molar-refractivity contribution in [1.29, 1.82) is 0 Å². The highest BCUT2D eigenvalue weighted by atomic mass is 16.4. The number of carboxylic acid groups (broad SMARTS) is 1. The van der Waals surface area contributed by atoms with E-state index in [4.69, 9.17) is 10.8 Å². The van der Waals surface area contributed by atoms with E-state index >= 15 is 0 Å². The lowest BCUT2D eigenvalue weighted by Gasteiger charge is -2.26. The van der Waals surface area contributed by atoms with Crippen molar-refractivity contribution < 1.29 is 19.5 Å². The largest absolute Gasteiger partial charge is 0.480 e. The fraction of sp³-hybridized carbons (Fsp3) is 0.727. The van der Waals surface area contributed by atoms with Crippen LogP contribution in [0.15, 0.2) is 0 Å². The number of hydrogen-bond donors (Lipinski definition) is 3. The Bertz CT molecular complexity index is 339. The SMILES string of the molecule is CN(C(=O)N[C@H](CC(N)=O)C(=O)O)C1CCCC1. The van der Waals surface area contributed by atoms with E-state index in [9.17, 15) is 14.4 Å². The van der Waals surface area contributed by atoms with Crippen LogP contribution in [-0.2, 0) is 9.59 Å². The number of urea groups is 1. The molecule has 1 atom stereocenters. The van der Waals surface area contributed by atoms with Crippen LogP contribution in [0, 0.1) is 0 Å². The molecule has 0 aromatic carbocycles. The average molecular weight is 257 g/mol. The van der Waals surface area contributed by atoms with Gasteiger partial charge in [0.2, 0.25) is 5.91 Å². The highest BCUT2D eigenvalue weighted by molar-refractivity contribution is 5.87. The van der Waals surface area contributed by atoms with Crippen molar-refractivity contribution in [3.05, 3.63) is 0 Å². The van der Waals surface area contributed by atoms with E-state index in [2.05, 4.69) is 5.32 Å². The molecule has 0 radical (unpaired) electrons. The van der Waals surface area contributed by atoms with Crippen molar-refractivity contribution >= 4 is 17.9 Å². The number of hydrogen-bond acceptors (Lipinski definition) is 3. The first-order valence-corrected chi connectivity index (χ1v) is 5.96. The van der Waals surface area contributed by atoms with E-state index < -0.39 is 30.4 Å². The van der Waals surface area contributed by atoms with Crippen molar-refractivity contribution in [3.63, 3.8) is 0 Å². The molecular weight excluding hydrogens is 238 g/mol. The molecule has 18 heavy (non-hydrogen) atoms. The lowest BCUT2D eigenvalue weighted by Crippen LogP contribution is -2.50. The molecule has 0 aromatic heterocycles. The van der Waals surface area contributed by atoms with Crippen LogP contribution in [0.3, 0.4) is 0 Å². The molecule has 0 aromatic rings. The van der Waals surface area contributed by atoms with Gasteiger partial charge in [-0.2, -0.15) is 0 Å². The summed E-state index contributed by atoms with van der Waals surface area (Å²) in [7, 11) is 1.63. The van der Waals surface area contributed by atoms with E-state index in [1.807, 2.05) is 0 Å². The molecule has 7 heteroatoms. The zero-order valence-corrected chi connectivity index (χ0v) is 10.4. The Morgan fingerprint density at radius 1 is 1.39 bits per heavy atom. The summed E-state index contributed by atoms with van der Waals surface area (Å²) >= 11 is 0.